The van der Waals surface area contributed by atoms with Crippen molar-refractivity contribution in [1.82, 2.24) is 14.7 Å². The monoisotopic (exact) mass is 376 g/mol. The summed E-state index contributed by atoms with van der Waals surface area (Å²) in [6.07, 6.45) is 3.92. The van der Waals surface area contributed by atoms with E-state index in [4.69, 9.17) is 5.73 Å². The number of aromatic nitrogens is 2. The number of carbonyl (C=O) groups is 1. The van der Waals surface area contributed by atoms with Gasteiger partial charge in [-0.2, -0.15) is 5.10 Å². The van der Waals surface area contributed by atoms with E-state index in [1.165, 1.54) is 0 Å². The molecule has 0 spiro atoms. The highest BCUT2D eigenvalue weighted by molar-refractivity contribution is 9.10. The molecule has 2 atom stereocenters. The Morgan fingerprint density at radius 1 is 1.43 bits per heavy atom. The van der Waals surface area contributed by atoms with E-state index in [1.807, 2.05) is 42.3 Å². The van der Waals surface area contributed by atoms with Crippen LogP contribution in [-0.2, 0) is 0 Å². The van der Waals surface area contributed by atoms with E-state index in [-0.39, 0.29) is 11.9 Å². The van der Waals surface area contributed by atoms with Crippen molar-refractivity contribution >= 4 is 21.8 Å². The Bertz CT molecular complexity index is 697. The molecule has 0 aliphatic carbocycles. The van der Waals surface area contributed by atoms with Gasteiger partial charge in [0.15, 0.2) is 5.69 Å². The maximum absolute atomic E-state index is 12.7. The molecule has 1 saturated heterocycles. The highest BCUT2D eigenvalue weighted by Gasteiger charge is 2.27. The van der Waals surface area contributed by atoms with E-state index in [0.717, 1.165) is 36.1 Å². The quantitative estimate of drug-likeness (QED) is 0.895. The molecule has 1 amide bonds. The summed E-state index contributed by atoms with van der Waals surface area (Å²) in [7, 11) is 0. The lowest BCUT2D eigenvalue weighted by Gasteiger charge is -2.34. The summed E-state index contributed by atoms with van der Waals surface area (Å²) in [5, 5.41) is 4.44. The van der Waals surface area contributed by atoms with Gasteiger partial charge in [-0.05, 0) is 49.9 Å². The smallest absolute Gasteiger partial charge is 0.274 e. The van der Waals surface area contributed by atoms with Crippen LogP contribution in [0, 0.1) is 5.92 Å². The Hall–Kier alpha value is -1.66. The zero-order chi connectivity index (χ0) is 16.4. The molecule has 0 unspecified atom stereocenters. The van der Waals surface area contributed by atoms with Gasteiger partial charge in [0, 0.05) is 29.8 Å². The zero-order valence-corrected chi connectivity index (χ0v) is 14.7. The number of likely N-dealkylation sites (tertiary alicyclic amines) is 1. The zero-order valence-electron chi connectivity index (χ0n) is 13.2. The van der Waals surface area contributed by atoms with Crippen molar-refractivity contribution in [3.63, 3.8) is 0 Å². The summed E-state index contributed by atoms with van der Waals surface area (Å²) in [4.78, 5) is 14.6. The molecule has 2 aromatic rings. The number of hydrogen-bond acceptors (Lipinski definition) is 3. The Morgan fingerprint density at radius 3 is 3.00 bits per heavy atom. The van der Waals surface area contributed by atoms with Crippen molar-refractivity contribution in [1.29, 1.82) is 0 Å². The van der Waals surface area contributed by atoms with Gasteiger partial charge in [0.25, 0.3) is 5.91 Å². The number of nitrogens with zero attached hydrogens (tertiary/aromatic N) is 3. The van der Waals surface area contributed by atoms with Gasteiger partial charge in [0.1, 0.15) is 0 Å². The van der Waals surface area contributed by atoms with E-state index in [0.29, 0.717) is 11.6 Å². The first kappa shape index (κ1) is 16.2. The first-order valence-corrected chi connectivity index (χ1v) is 8.70. The third-order valence-electron chi connectivity index (χ3n) is 4.37. The normalized spacial score (nSPS) is 19.6. The third kappa shape index (κ3) is 3.64. The average Bonchev–Trinajstić information content (AvgIpc) is 3.04. The molecule has 1 aromatic heterocycles. The van der Waals surface area contributed by atoms with Gasteiger partial charge in [-0.1, -0.05) is 22.0 Å². The van der Waals surface area contributed by atoms with Gasteiger partial charge in [-0.15, -0.1) is 0 Å². The molecule has 122 valence electrons. The molecule has 2 N–H and O–H groups in total. The highest BCUT2D eigenvalue weighted by Crippen LogP contribution is 2.21. The Balaban J connectivity index is 1.76. The molecular weight excluding hydrogens is 356 g/mol. The number of carbonyl (C=O) groups excluding carboxylic acids is 1. The van der Waals surface area contributed by atoms with Crippen LogP contribution in [0.4, 0.5) is 0 Å². The lowest BCUT2D eigenvalue weighted by Crippen LogP contribution is -2.45. The number of amides is 1. The molecule has 2 heterocycles. The van der Waals surface area contributed by atoms with Gasteiger partial charge in [0.2, 0.25) is 0 Å². The fraction of sp³-hybridized carbons (Fsp3) is 0.412. The summed E-state index contributed by atoms with van der Waals surface area (Å²) in [6, 6.07) is 9.72. The van der Waals surface area contributed by atoms with Gasteiger partial charge in [-0.25, -0.2) is 4.68 Å². The molecule has 6 heteroatoms. The van der Waals surface area contributed by atoms with Crippen LogP contribution in [0.2, 0.25) is 0 Å². The van der Waals surface area contributed by atoms with Gasteiger partial charge in [-0.3, -0.25) is 4.79 Å². The molecule has 5 nitrogen and oxygen atoms in total. The van der Waals surface area contributed by atoms with E-state index < -0.39 is 0 Å². The first-order valence-electron chi connectivity index (χ1n) is 7.91. The standard InChI is InChI=1S/C17H21BrN4O/c1-12(19)13-4-3-8-21(11-13)17(23)16-7-9-22(20-16)15-6-2-5-14(18)10-15/h2,5-7,9-10,12-13H,3-4,8,11,19H2,1H3/t12-,13-/m1/s1. The van der Waals surface area contributed by atoms with Crippen molar-refractivity contribution in [2.75, 3.05) is 13.1 Å². The number of piperidine rings is 1. The van der Waals surface area contributed by atoms with Crippen LogP contribution in [0.3, 0.4) is 0 Å². The van der Waals surface area contributed by atoms with Crippen molar-refractivity contribution in [3.8, 4) is 5.69 Å². The molecule has 1 aliphatic rings. The van der Waals surface area contributed by atoms with E-state index in [1.54, 1.807) is 10.7 Å². The number of halogens is 1. The first-order chi connectivity index (χ1) is 11.0. The fourth-order valence-electron chi connectivity index (χ4n) is 2.99. The second-order valence-electron chi connectivity index (χ2n) is 6.14. The summed E-state index contributed by atoms with van der Waals surface area (Å²) in [5.74, 6) is 0.365. The third-order valence-corrected chi connectivity index (χ3v) is 4.86. The van der Waals surface area contributed by atoms with Crippen LogP contribution in [0.5, 0.6) is 0 Å². The molecule has 1 fully saturated rings. The summed E-state index contributed by atoms with van der Waals surface area (Å²) < 4.78 is 2.71. The molecule has 23 heavy (non-hydrogen) atoms. The SMILES string of the molecule is C[C@@H](N)[C@@H]1CCCN(C(=O)c2ccn(-c3cccc(Br)c3)n2)C1. The maximum atomic E-state index is 12.7. The second-order valence-corrected chi connectivity index (χ2v) is 7.05. The maximum Gasteiger partial charge on any atom is 0.274 e. The number of rotatable bonds is 3. The molecule has 3 rings (SSSR count). The Kier molecular flexibility index (Phi) is 4.82. The van der Waals surface area contributed by atoms with Gasteiger partial charge in [0.05, 0.1) is 5.69 Å². The summed E-state index contributed by atoms with van der Waals surface area (Å²) in [5.41, 5.74) is 7.40. The number of benzene rings is 1. The average molecular weight is 377 g/mol. The minimum atomic E-state index is -0.0101. The Labute approximate surface area is 144 Å². The minimum Gasteiger partial charge on any atom is -0.337 e. The Morgan fingerprint density at radius 2 is 2.26 bits per heavy atom. The lowest BCUT2D eigenvalue weighted by molar-refractivity contribution is 0.0654. The van der Waals surface area contributed by atoms with Gasteiger partial charge < -0.3 is 10.6 Å². The largest absolute Gasteiger partial charge is 0.337 e. The van der Waals surface area contributed by atoms with Crippen LogP contribution in [0.1, 0.15) is 30.3 Å². The van der Waals surface area contributed by atoms with E-state index in [9.17, 15) is 4.79 Å². The van der Waals surface area contributed by atoms with Crippen LogP contribution in [0.15, 0.2) is 41.0 Å². The predicted molar refractivity (Wildman–Crippen MR) is 93.5 cm³/mol. The summed E-state index contributed by atoms with van der Waals surface area (Å²) in [6.45, 7) is 3.52. The van der Waals surface area contributed by atoms with Crippen LogP contribution in [0.25, 0.3) is 5.69 Å². The molecule has 1 aromatic carbocycles. The van der Waals surface area contributed by atoms with Crippen LogP contribution in [-0.4, -0.2) is 39.7 Å². The van der Waals surface area contributed by atoms with Crippen LogP contribution < -0.4 is 5.73 Å². The molecule has 1 aliphatic heterocycles. The minimum absolute atomic E-state index is 0.0101. The molecular formula is C17H21BrN4O. The second kappa shape index (κ2) is 6.84. The number of nitrogens with two attached hydrogens (primary N) is 1. The van der Waals surface area contributed by atoms with Crippen molar-refractivity contribution in [3.05, 3.63) is 46.7 Å². The molecule has 0 saturated carbocycles. The predicted octanol–water partition coefficient (Wildman–Crippen LogP) is 2.83. The van der Waals surface area contributed by atoms with Crippen LogP contribution >= 0.6 is 15.9 Å². The molecule has 0 radical (unpaired) electrons. The topological polar surface area (TPSA) is 64.2 Å². The van der Waals surface area contributed by atoms with E-state index in [2.05, 4.69) is 21.0 Å². The van der Waals surface area contributed by atoms with E-state index >= 15 is 0 Å². The van der Waals surface area contributed by atoms with Crippen molar-refractivity contribution in [2.24, 2.45) is 11.7 Å². The van der Waals surface area contributed by atoms with Crippen molar-refractivity contribution < 1.29 is 4.79 Å². The lowest BCUT2D eigenvalue weighted by atomic mass is 9.92. The van der Waals surface area contributed by atoms with Gasteiger partial charge >= 0.3 is 0 Å². The van der Waals surface area contributed by atoms with Crippen molar-refractivity contribution in [2.45, 2.75) is 25.8 Å². The number of hydrogen-bond donors (Lipinski definition) is 1. The summed E-state index contributed by atoms with van der Waals surface area (Å²) >= 11 is 3.45. The fourth-order valence-corrected chi connectivity index (χ4v) is 3.37. The highest BCUT2D eigenvalue weighted by atomic mass is 79.9. The molecule has 0 bridgehead atoms.